The molecule has 1 aliphatic rings. The second-order valence-electron chi connectivity index (χ2n) is 8.41. The van der Waals surface area contributed by atoms with Crippen LogP contribution >= 0.6 is 0 Å². The monoisotopic (exact) mass is 476 g/mol. The van der Waals surface area contributed by atoms with Crippen LogP contribution in [0.5, 0.6) is 0 Å². The van der Waals surface area contributed by atoms with Gasteiger partial charge in [0.25, 0.3) is 0 Å². The van der Waals surface area contributed by atoms with Gasteiger partial charge in [0, 0.05) is 34.3 Å². The van der Waals surface area contributed by atoms with E-state index in [4.69, 9.17) is 28.4 Å². The van der Waals surface area contributed by atoms with Gasteiger partial charge in [-0.05, 0) is 18.3 Å². The molecular formula is C22H36O11. The number of carbonyl (C=O) groups excluding carboxylic acids is 4. The minimum atomic E-state index is -1.27. The molecule has 0 aromatic carbocycles. The average Bonchev–Trinajstić information content (AvgIpc) is 2.68. The zero-order valence-corrected chi connectivity index (χ0v) is 20.2. The minimum absolute atomic E-state index is 0.0432. The molecule has 0 radical (unpaired) electrons. The van der Waals surface area contributed by atoms with E-state index in [2.05, 4.69) is 0 Å². The third kappa shape index (κ3) is 9.65. The molecule has 0 spiro atoms. The highest BCUT2D eigenvalue weighted by molar-refractivity contribution is 5.68. The Morgan fingerprint density at radius 3 is 1.88 bits per heavy atom. The molecule has 1 fully saturated rings. The molecule has 0 aromatic heterocycles. The molecule has 0 aromatic rings. The van der Waals surface area contributed by atoms with Crippen LogP contribution in [0, 0.1) is 5.41 Å². The highest BCUT2D eigenvalue weighted by Crippen LogP contribution is 2.33. The van der Waals surface area contributed by atoms with Gasteiger partial charge in [-0.3, -0.25) is 19.2 Å². The Hall–Kier alpha value is -2.24. The maximum atomic E-state index is 11.8. The average molecular weight is 477 g/mol. The Balaban J connectivity index is 3.31. The summed E-state index contributed by atoms with van der Waals surface area (Å²) in [6.45, 7) is 8.40. The highest BCUT2D eigenvalue weighted by atomic mass is 16.7. The summed E-state index contributed by atoms with van der Waals surface area (Å²) in [4.78, 5) is 46.8. The lowest BCUT2D eigenvalue weighted by atomic mass is 9.83. The summed E-state index contributed by atoms with van der Waals surface area (Å²) < 4.78 is 33.0. The summed E-state index contributed by atoms with van der Waals surface area (Å²) in [7, 11) is 0. The van der Waals surface area contributed by atoms with Crippen molar-refractivity contribution in [3.63, 3.8) is 0 Å². The smallest absolute Gasteiger partial charge is 0.303 e. The number of aliphatic hydroxyl groups excluding tert-OH is 1. The molecule has 33 heavy (non-hydrogen) atoms. The molecule has 1 saturated heterocycles. The van der Waals surface area contributed by atoms with Gasteiger partial charge in [-0.1, -0.05) is 20.3 Å². The number of esters is 4. The van der Waals surface area contributed by atoms with E-state index in [1.165, 1.54) is 13.8 Å². The van der Waals surface area contributed by atoms with Crippen LogP contribution in [-0.4, -0.2) is 79.5 Å². The molecule has 11 heteroatoms. The lowest BCUT2D eigenvalue weighted by molar-refractivity contribution is -0.312. The third-order valence-corrected chi connectivity index (χ3v) is 5.11. The van der Waals surface area contributed by atoms with Crippen LogP contribution in [-0.2, 0) is 47.6 Å². The maximum Gasteiger partial charge on any atom is 0.303 e. The number of aliphatic hydroxyl groups is 1. The fourth-order valence-electron chi connectivity index (χ4n) is 3.75. The first-order chi connectivity index (χ1) is 15.4. The first-order valence-corrected chi connectivity index (χ1v) is 11.0. The summed E-state index contributed by atoms with van der Waals surface area (Å²) in [5.74, 6) is -2.70. The maximum absolute atomic E-state index is 11.8. The molecule has 0 aliphatic carbocycles. The van der Waals surface area contributed by atoms with Crippen LogP contribution in [0.1, 0.15) is 60.8 Å². The van der Waals surface area contributed by atoms with Gasteiger partial charge in [0.05, 0.1) is 6.61 Å². The standard InChI is InChI=1S/C22H36O11/c1-7-8-22(6,9-10-23)12-29-21-20(32-16(5)27)19(31-15(4)26)18(30-14(3)25)17(33-21)11-28-13(2)24/h17-21,23H,7-12H2,1-6H3/t17?,18-,19?,20-,21?,22?/m1/s1. The van der Waals surface area contributed by atoms with Crippen molar-refractivity contribution in [1.82, 2.24) is 0 Å². The van der Waals surface area contributed by atoms with Crippen molar-refractivity contribution in [2.45, 2.75) is 91.5 Å². The largest absolute Gasteiger partial charge is 0.463 e. The van der Waals surface area contributed by atoms with Crippen LogP contribution in [0.2, 0.25) is 0 Å². The number of hydrogen-bond donors (Lipinski definition) is 1. The van der Waals surface area contributed by atoms with Gasteiger partial charge >= 0.3 is 23.9 Å². The van der Waals surface area contributed by atoms with Gasteiger partial charge in [0.15, 0.2) is 24.6 Å². The summed E-state index contributed by atoms with van der Waals surface area (Å²) in [5.41, 5.74) is -0.400. The first kappa shape index (κ1) is 28.8. The van der Waals surface area contributed by atoms with Crippen molar-refractivity contribution in [3.05, 3.63) is 0 Å². The van der Waals surface area contributed by atoms with Crippen molar-refractivity contribution in [2.24, 2.45) is 5.41 Å². The van der Waals surface area contributed by atoms with Crippen LogP contribution in [0.4, 0.5) is 0 Å². The number of carbonyl (C=O) groups is 4. The zero-order valence-electron chi connectivity index (χ0n) is 20.2. The van der Waals surface area contributed by atoms with E-state index in [9.17, 15) is 24.3 Å². The van der Waals surface area contributed by atoms with Gasteiger partial charge < -0.3 is 33.5 Å². The van der Waals surface area contributed by atoms with E-state index in [-0.39, 0.29) is 19.8 Å². The van der Waals surface area contributed by atoms with Crippen molar-refractivity contribution in [2.75, 3.05) is 19.8 Å². The molecule has 0 saturated carbocycles. The second kappa shape index (κ2) is 13.5. The molecule has 1 heterocycles. The van der Waals surface area contributed by atoms with E-state index >= 15 is 0 Å². The van der Waals surface area contributed by atoms with Gasteiger partial charge in [-0.25, -0.2) is 0 Å². The topological polar surface area (TPSA) is 144 Å². The van der Waals surface area contributed by atoms with Crippen LogP contribution in [0.15, 0.2) is 0 Å². The Labute approximate surface area is 194 Å². The van der Waals surface area contributed by atoms with E-state index in [0.717, 1.165) is 26.7 Å². The molecule has 6 atom stereocenters. The molecule has 1 rings (SSSR count). The molecule has 0 bridgehead atoms. The summed E-state index contributed by atoms with van der Waals surface area (Å²) in [6, 6.07) is 0. The fraction of sp³-hybridized carbons (Fsp3) is 0.818. The molecular weight excluding hydrogens is 440 g/mol. The van der Waals surface area contributed by atoms with Crippen LogP contribution in [0.3, 0.4) is 0 Å². The number of ether oxygens (including phenoxy) is 6. The first-order valence-electron chi connectivity index (χ1n) is 11.0. The highest BCUT2D eigenvalue weighted by Gasteiger charge is 2.53. The Kier molecular flexibility index (Phi) is 11.7. The predicted molar refractivity (Wildman–Crippen MR) is 113 cm³/mol. The van der Waals surface area contributed by atoms with E-state index < -0.39 is 60.0 Å². The van der Waals surface area contributed by atoms with Crippen molar-refractivity contribution >= 4 is 23.9 Å². The van der Waals surface area contributed by atoms with Gasteiger partial charge in [0.1, 0.15) is 12.7 Å². The van der Waals surface area contributed by atoms with E-state index in [0.29, 0.717) is 6.42 Å². The Morgan fingerprint density at radius 1 is 0.848 bits per heavy atom. The van der Waals surface area contributed by atoms with Gasteiger partial charge in [-0.15, -0.1) is 0 Å². The van der Waals surface area contributed by atoms with Crippen molar-refractivity contribution in [1.29, 1.82) is 0 Å². The number of rotatable bonds is 12. The summed E-state index contributed by atoms with van der Waals surface area (Å²) in [5, 5.41) is 9.45. The van der Waals surface area contributed by atoms with Gasteiger partial charge in [-0.2, -0.15) is 0 Å². The van der Waals surface area contributed by atoms with Crippen molar-refractivity contribution in [3.8, 4) is 0 Å². The quantitative estimate of drug-likeness (QED) is 0.321. The Bertz CT molecular complexity index is 671. The molecule has 11 nitrogen and oxygen atoms in total. The summed E-state index contributed by atoms with van der Waals surface area (Å²) >= 11 is 0. The third-order valence-electron chi connectivity index (χ3n) is 5.11. The zero-order chi connectivity index (χ0) is 25.2. The second-order valence-corrected chi connectivity index (χ2v) is 8.41. The van der Waals surface area contributed by atoms with Crippen LogP contribution in [0.25, 0.3) is 0 Å². The molecule has 4 unspecified atom stereocenters. The predicted octanol–water partition coefficient (Wildman–Crippen LogP) is 1.27. The SMILES string of the molecule is CCCC(C)(CCO)COC1OC(COC(C)=O)[C@@H](OC(C)=O)C(OC(C)=O)[C@H]1OC(C)=O. The molecule has 190 valence electrons. The minimum Gasteiger partial charge on any atom is -0.463 e. The molecule has 1 N–H and O–H groups in total. The van der Waals surface area contributed by atoms with Crippen LogP contribution < -0.4 is 0 Å². The lowest BCUT2D eigenvalue weighted by Gasteiger charge is -2.44. The molecule has 1 aliphatic heterocycles. The number of hydrogen-bond acceptors (Lipinski definition) is 11. The summed E-state index contributed by atoms with van der Waals surface area (Å²) in [6.07, 6.45) is -3.98. The van der Waals surface area contributed by atoms with E-state index in [1.807, 2.05) is 13.8 Å². The van der Waals surface area contributed by atoms with Gasteiger partial charge in [0.2, 0.25) is 0 Å². The fourth-order valence-corrected chi connectivity index (χ4v) is 3.75. The van der Waals surface area contributed by atoms with Crippen molar-refractivity contribution < 1.29 is 52.7 Å². The van der Waals surface area contributed by atoms with E-state index in [1.54, 1.807) is 0 Å². The Morgan fingerprint density at radius 2 is 1.39 bits per heavy atom. The molecule has 0 amide bonds. The normalized spacial score (nSPS) is 26.6. The lowest BCUT2D eigenvalue weighted by Crippen LogP contribution is -2.63.